The summed E-state index contributed by atoms with van der Waals surface area (Å²) in [5, 5.41) is 14.1. The van der Waals surface area contributed by atoms with E-state index in [9.17, 15) is 9.90 Å². The van der Waals surface area contributed by atoms with Gasteiger partial charge in [-0.1, -0.05) is 20.8 Å². The Morgan fingerprint density at radius 1 is 1.45 bits per heavy atom. The normalized spacial score (nSPS) is 13.3. The van der Waals surface area contributed by atoms with Gasteiger partial charge in [0.2, 0.25) is 0 Å². The van der Waals surface area contributed by atoms with E-state index >= 15 is 0 Å². The zero-order valence-electron chi connectivity index (χ0n) is 13.6. The monoisotopic (exact) mass is 304 g/mol. The Morgan fingerprint density at radius 3 is 2.68 bits per heavy atom. The van der Waals surface area contributed by atoms with Gasteiger partial charge in [-0.05, 0) is 29.9 Å². The van der Waals surface area contributed by atoms with Crippen LogP contribution in [-0.2, 0) is 6.54 Å². The number of aliphatic hydroxyl groups is 1. The summed E-state index contributed by atoms with van der Waals surface area (Å²) in [4.78, 5) is 16.9. The van der Waals surface area contributed by atoms with Crippen LogP contribution in [0.2, 0.25) is 0 Å². The number of aliphatic hydroxyl groups excluding tert-OH is 1. The lowest BCUT2D eigenvalue weighted by Crippen LogP contribution is -2.38. The molecule has 0 aliphatic carbocycles. The Bertz CT molecular complexity index is 731. The SMILES string of the molecule is CCn1ccc2cc(N)nc(NC(CO)C(C)(C)C)c2c1=O. The van der Waals surface area contributed by atoms with Gasteiger partial charge in [0.25, 0.3) is 5.56 Å². The molecule has 2 rings (SSSR count). The van der Waals surface area contributed by atoms with Gasteiger partial charge in [-0.15, -0.1) is 0 Å². The maximum Gasteiger partial charge on any atom is 0.262 e. The molecule has 0 fully saturated rings. The Morgan fingerprint density at radius 2 is 2.14 bits per heavy atom. The number of rotatable bonds is 4. The minimum atomic E-state index is -0.236. The summed E-state index contributed by atoms with van der Waals surface area (Å²) >= 11 is 0. The van der Waals surface area contributed by atoms with Gasteiger partial charge >= 0.3 is 0 Å². The highest BCUT2D eigenvalue weighted by molar-refractivity contribution is 5.92. The fourth-order valence-electron chi connectivity index (χ4n) is 2.38. The molecule has 0 saturated carbocycles. The maximum absolute atomic E-state index is 12.6. The van der Waals surface area contributed by atoms with Gasteiger partial charge in [0.1, 0.15) is 11.6 Å². The smallest absolute Gasteiger partial charge is 0.262 e. The van der Waals surface area contributed by atoms with E-state index in [1.807, 2.05) is 33.8 Å². The van der Waals surface area contributed by atoms with Crippen LogP contribution in [0.1, 0.15) is 27.7 Å². The average molecular weight is 304 g/mol. The van der Waals surface area contributed by atoms with E-state index in [1.54, 1.807) is 16.8 Å². The number of aromatic nitrogens is 2. The topological polar surface area (TPSA) is 93.2 Å². The molecule has 2 aromatic heterocycles. The maximum atomic E-state index is 12.6. The van der Waals surface area contributed by atoms with Crippen LogP contribution in [0.5, 0.6) is 0 Å². The summed E-state index contributed by atoms with van der Waals surface area (Å²) in [6, 6.07) is 3.31. The van der Waals surface area contributed by atoms with Crippen molar-refractivity contribution in [2.24, 2.45) is 5.41 Å². The van der Waals surface area contributed by atoms with E-state index in [0.717, 1.165) is 5.39 Å². The minimum Gasteiger partial charge on any atom is -0.394 e. The van der Waals surface area contributed by atoms with Crippen molar-refractivity contribution < 1.29 is 5.11 Å². The number of nitrogen functional groups attached to an aromatic ring is 1. The van der Waals surface area contributed by atoms with E-state index < -0.39 is 0 Å². The number of hydrogen-bond acceptors (Lipinski definition) is 5. The number of nitrogens with two attached hydrogens (primary N) is 1. The van der Waals surface area contributed by atoms with Gasteiger partial charge in [0.15, 0.2) is 0 Å². The standard InChI is InChI=1S/C16H24N4O2/c1-5-20-7-6-10-8-12(17)19-14(13(10)15(20)22)18-11(9-21)16(2,3)4/h6-8,11,21H,5,9H2,1-4H3,(H3,17,18,19). The van der Waals surface area contributed by atoms with Gasteiger partial charge in [0, 0.05) is 12.7 Å². The highest BCUT2D eigenvalue weighted by Gasteiger charge is 2.25. The third-order valence-electron chi connectivity index (χ3n) is 3.86. The van der Waals surface area contributed by atoms with E-state index in [1.165, 1.54) is 0 Å². The summed E-state index contributed by atoms with van der Waals surface area (Å²) in [5.74, 6) is 0.769. The van der Waals surface area contributed by atoms with E-state index in [4.69, 9.17) is 5.73 Å². The number of aryl methyl sites for hydroxylation is 1. The van der Waals surface area contributed by atoms with Gasteiger partial charge in [-0.3, -0.25) is 4.79 Å². The number of anilines is 2. The molecule has 0 radical (unpaired) electrons. The van der Waals surface area contributed by atoms with E-state index in [0.29, 0.717) is 23.6 Å². The van der Waals surface area contributed by atoms with Gasteiger partial charge in [-0.25, -0.2) is 4.98 Å². The van der Waals surface area contributed by atoms with Crippen molar-refractivity contribution in [3.8, 4) is 0 Å². The third kappa shape index (κ3) is 3.06. The van der Waals surface area contributed by atoms with Crippen molar-refractivity contribution in [1.29, 1.82) is 0 Å². The number of pyridine rings is 2. The van der Waals surface area contributed by atoms with E-state index in [2.05, 4.69) is 10.3 Å². The van der Waals surface area contributed by atoms with Crippen LogP contribution in [0.25, 0.3) is 10.8 Å². The third-order valence-corrected chi connectivity index (χ3v) is 3.86. The number of nitrogens with zero attached hydrogens (tertiary/aromatic N) is 2. The van der Waals surface area contributed by atoms with Crippen molar-refractivity contribution in [2.45, 2.75) is 40.3 Å². The molecule has 2 aromatic rings. The van der Waals surface area contributed by atoms with Crippen LogP contribution >= 0.6 is 0 Å². The first-order chi connectivity index (χ1) is 10.3. The van der Waals surface area contributed by atoms with Crippen molar-refractivity contribution >= 4 is 22.4 Å². The quantitative estimate of drug-likeness (QED) is 0.801. The highest BCUT2D eigenvalue weighted by atomic mass is 16.3. The van der Waals surface area contributed by atoms with Gasteiger partial charge < -0.3 is 20.7 Å². The zero-order valence-corrected chi connectivity index (χ0v) is 13.6. The molecule has 0 aliphatic heterocycles. The highest BCUT2D eigenvalue weighted by Crippen LogP contribution is 2.26. The molecule has 0 saturated heterocycles. The van der Waals surface area contributed by atoms with Gasteiger partial charge in [-0.2, -0.15) is 0 Å². The van der Waals surface area contributed by atoms with Crippen molar-refractivity contribution in [2.75, 3.05) is 17.7 Å². The molecule has 1 atom stereocenters. The van der Waals surface area contributed by atoms with Crippen LogP contribution in [0.3, 0.4) is 0 Å². The molecule has 1 unspecified atom stereocenters. The predicted octanol–water partition coefficient (Wildman–Crippen LogP) is 1.82. The molecule has 6 nitrogen and oxygen atoms in total. The lowest BCUT2D eigenvalue weighted by atomic mass is 9.87. The minimum absolute atomic E-state index is 0.0593. The first kappa shape index (κ1) is 16.3. The molecule has 120 valence electrons. The second-order valence-corrected chi connectivity index (χ2v) is 6.51. The molecule has 0 aliphatic rings. The Hall–Kier alpha value is -2.08. The van der Waals surface area contributed by atoms with Crippen molar-refractivity contribution in [1.82, 2.24) is 9.55 Å². The fourth-order valence-corrected chi connectivity index (χ4v) is 2.38. The molecule has 0 aromatic carbocycles. The second-order valence-electron chi connectivity index (χ2n) is 6.51. The first-order valence-electron chi connectivity index (χ1n) is 7.45. The van der Waals surface area contributed by atoms with Crippen molar-refractivity contribution in [3.63, 3.8) is 0 Å². The predicted molar refractivity (Wildman–Crippen MR) is 90.0 cm³/mol. The first-order valence-corrected chi connectivity index (χ1v) is 7.45. The molecular formula is C16H24N4O2. The summed E-state index contributed by atoms with van der Waals surface area (Å²) in [5.41, 5.74) is 5.55. The van der Waals surface area contributed by atoms with Gasteiger partial charge in [0.05, 0.1) is 18.0 Å². The molecule has 2 heterocycles. The Labute approximate surface area is 130 Å². The van der Waals surface area contributed by atoms with Crippen LogP contribution in [0.15, 0.2) is 23.1 Å². The average Bonchev–Trinajstić information content (AvgIpc) is 2.43. The van der Waals surface area contributed by atoms with E-state index in [-0.39, 0.29) is 23.6 Å². The summed E-state index contributed by atoms with van der Waals surface area (Å²) in [7, 11) is 0. The zero-order chi connectivity index (χ0) is 16.5. The molecule has 0 amide bonds. The van der Waals surface area contributed by atoms with Crippen LogP contribution in [0.4, 0.5) is 11.6 Å². The van der Waals surface area contributed by atoms with Crippen LogP contribution in [-0.4, -0.2) is 27.3 Å². The summed E-state index contributed by atoms with van der Waals surface area (Å²) in [6.07, 6.45) is 1.75. The molecule has 6 heteroatoms. The molecule has 22 heavy (non-hydrogen) atoms. The lowest BCUT2D eigenvalue weighted by Gasteiger charge is -2.30. The number of fused-ring (bicyclic) bond motifs is 1. The molecule has 4 N–H and O–H groups in total. The van der Waals surface area contributed by atoms with Crippen LogP contribution in [0, 0.1) is 5.41 Å². The number of nitrogens with one attached hydrogen (secondary N) is 1. The fraction of sp³-hybridized carbons (Fsp3) is 0.500. The molecular weight excluding hydrogens is 280 g/mol. The Balaban J connectivity index is 2.64. The largest absolute Gasteiger partial charge is 0.394 e. The van der Waals surface area contributed by atoms with Crippen LogP contribution < -0.4 is 16.6 Å². The van der Waals surface area contributed by atoms with Crippen molar-refractivity contribution in [3.05, 3.63) is 28.7 Å². The molecule has 0 spiro atoms. The lowest BCUT2D eigenvalue weighted by molar-refractivity contribution is 0.202. The summed E-state index contributed by atoms with van der Waals surface area (Å²) in [6.45, 7) is 8.48. The number of hydrogen-bond donors (Lipinski definition) is 3. The second kappa shape index (κ2) is 5.96. The summed E-state index contributed by atoms with van der Waals surface area (Å²) < 4.78 is 1.62. The Kier molecular flexibility index (Phi) is 4.42. The molecule has 0 bridgehead atoms.